The van der Waals surface area contributed by atoms with Gasteiger partial charge in [0.05, 0.1) is 19.3 Å². The number of esters is 1. The highest BCUT2D eigenvalue weighted by Crippen LogP contribution is 2.56. The molecule has 0 heterocycles. The summed E-state index contributed by atoms with van der Waals surface area (Å²) in [5.41, 5.74) is 1.16. The van der Waals surface area contributed by atoms with Crippen LogP contribution >= 0.6 is 15.9 Å². The minimum absolute atomic E-state index is 0.0872. The van der Waals surface area contributed by atoms with E-state index in [2.05, 4.69) is 35.6 Å². The lowest BCUT2D eigenvalue weighted by Crippen LogP contribution is -2.59. The number of carbonyl (C=O) groups is 2. The summed E-state index contributed by atoms with van der Waals surface area (Å²) in [7, 11) is -1.27. The fourth-order valence-electron chi connectivity index (χ4n) is 6.53. The second kappa shape index (κ2) is 14.8. The number of rotatable bonds is 14. The monoisotopic (exact) mass is 662 g/mol. The van der Waals surface area contributed by atoms with Gasteiger partial charge in [-0.1, -0.05) is 65.9 Å². The minimum Gasteiger partial charge on any atom is -0.487 e. The molecule has 1 fully saturated rings. The molecule has 232 valence electrons. The molecule has 0 spiro atoms. The number of allylic oxidation sites excluding steroid dienone is 2. The molecule has 42 heavy (non-hydrogen) atoms. The van der Waals surface area contributed by atoms with Crippen molar-refractivity contribution in [3.8, 4) is 0 Å². The van der Waals surface area contributed by atoms with Crippen LogP contribution in [0.2, 0.25) is 25.7 Å². The number of fused-ring (bicyclic) bond motifs is 1. The Morgan fingerprint density at radius 3 is 2.55 bits per heavy atom. The average molecular weight is 664 g/mol. The molecular formula is C33H47BrO7Si. The van der Waals surface area contributed by atoms with E-state index in [1.807, 2.05) is 37.3 Å². The van der Waals surface area contributed by atoms with Crippen molar-refractivity contribution in [3.63, 3.8) is 0 Å². The lowest BCUT2D eigenvalue weighted by molar-refractivity contribution is -0.194. The van der Waals surface area contributed by atoms with Gasteiger partial charge in [-0.05, 0) is 63.1 Å². The summed E-state index contributed by atoms with van der Waals surface area (Å²) in [5, 5.41) is 0. The number of halogens is 1. The number of hydrogen-bond donors (Lipinski definition) is 0. The van der Waals surface area contributed by atoms with Crippen LogP contribution in [-0.2, 0) is 39.9 Å². The number of carbonyl (C=O) groups excluding carboxylic acids is 2. The van der Waals surface area contributed by atoms with Crippen molar-refractivity contribution in [3.05, 3.63) is 57.3 Å². The largest absolute Gasteiger partial charge is 0.487 e. The highest BCUT2D eigenvalue weighted by molar-refractivity contribution is 9.11. The lowest BCUT2D eigenvalue weighted by Gasteiger charge is -2.52. The van der Waals surface area contributed by atoms with Gasteiger partial charge in [0.15, 0.2) is 0 Å². The summed E-state index contributed by atoms with van der Waals surface area (Å²) in [6.45, 7) is 12.1. The minimum atomic E-state index is -1.27. The van der Waals surface area contributed by atoms with Crippen LogP contribution in [0, 0.1) is 11.3 Å². The standard InChI is InChI=1S/C33H47BrO7Si/c1-6-38-32(36)33-16-15-25(39-21-24-11-8-7-9-12-24)19-26(33)31(40-22-37-17-18-42(3,4)5)30(23(2)27(33)20-35)41-29-14-10-13-28(29)34/h7-9,11-12,20,25-26,30-31H,6,10,13-19,21-22H2,1-5H3/t25-,26+,30-,31+,33+/m0/s1. The normalized spacial score (nSPS) is 28.0. The van der Waals surface area contributed by atoms with Crippen LogP contribution in [0.5, 0.6) is 0 Å². The second-order valence-electron chi connectivity index (χ2n) is 12.9. The van der Waals surface area contributed by atoms with Gasteiger partial charge in [-0.25, -0.2) is 0 Å². The smallest absolute Gasteiger partial charge is 0.317 e. The maximum atomic E-state index is 13.9. The van der Waals surface area contributed by atoms with Crippen LogP contribution in [0.15, 0.2) is 51.7 Å². The van der Waals surface area contributed by atoms with E-state index in [4.69, 9.17) is 23.7 Å². The lowest BCUT2D eigenvalue weighted by atomic mass is 9.55. The Hall–Kier alpha value is -1.78. The molecule has 3 aliphatic rings. The van der Waals surface area contributed by atoms with Crippen molar-refractivity contribution in [2.75, 3.05) is 20.0 Å². The fraction of sp³-hybridized carbons (Fsp3) is 0.636. The highest BCUT2D eigenvalue weighted by Gasteiger charge is 2.61. The Labute approximate surface area is 260 Å². The summed E-state index contributed by atoms with van der Waals surface area (Å²) in [6.07, 6.45) is 4.03. The predicted octanol–water partition coefficient (Wildman–Crippen LogP) is 7.32. The van der Waals surface area contributed by atoms with Crippen molar-refractivity contribution in [1.29, 1.82) is 0 Å². The molecule has 0 unspecified atom stereocenters. The first kappa shape index (κ1) is 33.1. The second-order valence-corrected chi connectivity index (χ2v) is 19.5. The Kier molecular flexibility index (Phi) is 11.7. The summed E-state index contributed by atoms with van der Waals surface area (Å²) in [5.74, 6) is 0.126. The van der Waals surface area contributed by atoms with E-state index in [-0.39, 0.29) is 31.4 Å². The SMILES string of the molecule is CCOC(=O)[C@]12CC[C@H](OCc3ccccc3)C[C@@H]1[C@@H](OCOCC[Si](C)(C)C)[C@@H](OC1=C(Br)CCC1)C(C)=C2C=O. The van der Waals surface area contributed by atoms with Crippen molar-refractivity contribution >= 4 is 36.3 Å². The molecule has 7 nitrogen and oxygen atoms in total. The van der Waals surface area contributed by atoms with E-state index in [1.54, 1.807) is 6.92 Å². The molecule has 0 N–H and O–H groups in total. The zero-order valence-electron chi connectivity index (χ0n) is 25.8. The zero-order chi connectivity index (χ0) is 30.3. The molecule has 4 rings (SSSR count). The van der Waals surface area contributed by atoms with Gasteiger partial charge >= 0.3 is 5.97 Å². The third kappa shape index (κ3) is 7.64. The number of ether oxygens (including phenoxy) is 5. The number of aldehydes is 1. The van der Waals surface area contributed by atoms with E-state index >= 15 is 0 Å². The van der Waals surface area contributed by atoms with E-state index in [0.29, 0.717) is 38.0 Å². The quantitative estimate of drug-likeness (QED) is 0.0679. The highest BCUT2D eigenvalue weighted by atomic mass is 79.9. The van der Waals surface area contributed by atoms with Gasteiger partial charge in [-0.3, -0.25) is 9.59 Å². The molecule has 0 saturated heterocycles. The molecule has 1 saturated carbocycles. The fourth-order valence-corrected chi connectivity index (χ4v) is 7.86. The first-order valence-electron chi connectivity index (χ1n) is 15.3. The van der Waals surface area contributed by atoms with Gasteiger partial charge in [-0.15, -0.1) is 0 Å². The Morgan fingerprint density at radius 1 is 1.14 bits per heavy atom. The summed E-state index contributed by atoms with van der Waals surface area (Å²) in [4.78, 5) is 26.7. The van der Waals surface area contributed by atoms with E-state index in [0.717, 1.165) is 53.0 Å². The first-order chi connectivity index (χ1) is 20.1. The molecule has 1 aromatic rings. The predicted molar refractivity (Wildman–Crippen MR) is 169 cm³/mol. The van der Waals surface area contributed by atoms with Crippen LogP contribution in [0.1, 0.15) is 57.9 Å². The Morgan fingerprint density at radius 2 is 1.90 bits per heavy atom. The van der Waals surface area contributed by atoms with Crippen molar-refractivity contribution in [2.24, 2.45) is 11.3 Å². The zero-order valence-corrected chi connectivity index (χ0v) is 28.4. The molecule has 1 aromatic carbocycles. The van der Waals surface area contributed by atoms with Crippen LogP contribution in [0.3, 0.4) is 0 Å². The average Bonchev–Trinajstić information content (AvgIpc) is 3.37. The van der Waals surface area contributed by atoms with E-state index in [1.165, 1.54) is 0 Å². The summed E-state index contributed by atoms with van der Waals surface area (Å²) >= 11 is 3.68. The topological polar surface area (TPSA) is 80.3 Å². The van der Waals surface area contributed by atoms with Gasteiger partial charge in [0.2, 0.25) is 0 Å². The van der Waals surface area contributed by atoms with Gasteiger partial charge in [0.25, 0.3) is 0 Å². The van der Waals surface area contributed by atoms with Gasteiger partial charge in [-0.2, -0.15) is 0 Å². The molecule has 0 aromatic heterocycles. The van der Waals surface area contributed by atoms with E-state index in [9.17, 15) is 9.59 Å². The molecule has 0 aliphatic heterocycles. The molecule has 0 amide bonds. The van der Waals surface area contributed by atoms with Crippen molar-refractivity contribution in [2.45, 2.75) is 103 Å². The van der Waals surface area contributed by atoms with Crippen molar-refractivity contribution < 1.29 is 33.3 Å². The summed E-state index contributed by atoms with van der Waals surface area (Å²) < 4.78 is 32.4. The number of benzene rings is 1. The van der Waals surface area contributed by atoms with Crippen molar-refractivity contribution in [1.82, 2.24) is 0 Å². The summed E-state index contributed by atoms with van der Waals surface area (Å²) in [6, 6.07) is 11.1. The van der Waals surface area contributed by atoms with Crippen LogP contribution in [0.25, 0.3) is 0 Å². The molecular weight excluding hydrogens is 616 g/mol. The van der Waals surface area contributed by atoms with Gasteiger partial charge in [0, 0.05) is 37.1 Å². The maximum absolute atomic E-state index is 13.9. The third-order valence-electron chi connectivity index (χ3n) is 8.84. The molecule has 5 atom stereocenters. The number of hydrogen-bond acceptors (Lipinski definition) is 7. The Bertz CT molecular complexity index is 1140. The van der Waals surface area contributed by atoms with Gasteiger partial charge < -0.3 is 23.7 Å². The molecule has 3 aliphatic carbocycles. The van der Waals surface area contributed by atoms with Crippen LogP contribution in [-0.4, -0.2) is 58.6 Å². The molecule has 0 bridgehead atoms. The molecule has 0 radical (unpaired) electrons. The van der Waals surface area contributed by atoms with E-state index < -0.39 is 25.7 Å². The molecule has 9 heteroatoms. The van der Waals surface area contributed by atoms with Gasteiger partial charge in [0.1, 0.15) is 36.5 Å². The maximum Gasteiger partial charge on any atom is 0.317 e. The van der Waals surface area contributed by atoms with Crippen LogP contribution in [0.4, 0.5) is 0 Å². The van der Waals surface area contributed by atoms with Crippen LogP contribution < -0.4 is 0 Å². The Balaban J connectivity index is 1.68. The first-order valence-corrected chi connectivity index (χ1v) is 19.8. The third-order valence-corrected chi connectivity index (χ3v) is 11.4.